The van der Waals surface area contributed by atoms with Gasteiger partial charge in [0.05, 0.1) is 0 Å². The van der Waals surface area contributed by atoms with Gasteiger partial charge in [-0.25, -0.2) is 0 Å². The average Bonchev–Trinajstić information content (AvgIpc) is 2.17. The Labute approximate surface area is 74.7 Å². The Morgan fingerprint density at radius 3 is 1.38 bits per heavy atom. The van der Waals surface area contributed by atoms with Gasteiger partial charge in [0.1, 0.15) is 0 Å². The maximum absolute atomic E-state index is 4.96. The molecule has 0 aromatic rings. The summed E-state index contributed by atoms with van der Waals surface area (Å²) >= 11 is -0.972. The van der Waals surface area contributed by atoms with Crippen LogP contribution in [0.2, 0.25) is 0 Å². The molecule has 0 saturated carbocycles. The van der Waals surface area contributed by atoms with E-state index in [0.29, 0.717) is 0 Å². The minimum absolute atomic E-state index is 0.972. The SMILES string of the molecule is [CH]1C=CC=C1.[Cl][Nd][Cl]. The monoisotopic (exact) mass is 277 g/mol. The Morgan fingerprint density at radius 1 is 0.875 bits per heavy atom. The first-order chi connectivity index (χ1) is 3.91. The molecule has 1 aliphatic rings. The van der Waals surface area contributed by atoms with Gasteiger partial charge in [0.25, 0.3) is 0 Å². The van der Waals surface area contributed by atoms with Gasteiger partial charge in [-0.15, -0.1) is 0 Å². The van der Waals surface area contributed by atoms with E-state index in [-0.39, 0.29) is 0 Å². The van der Waals surface area contributed by atoms with Crippen molar-refractivity contribution in [2.24, 2.45) is 0 Å². The van der Waals surface area contributed by atoms with Crippen LogP contribution in [0.25, 0.3) is 0 Å². The topological polar surface area (TPSA) is 0 Å². The predicted octanol–water partition coefficient (Wildman–Crippen LogP) is 2.70. The molecule has 0 N–H and O–H groups in total. The van der Waals surface area contributed by atoms with Gasteiger partial charge in [-0.05, 0) is 0 Å². The second kappa shape index (κ2) is 8.41. The fraction of sp³-hybridized carbons (Fsp3) is 0. The third kappa shape index (κ3) is 7.41. The van der Waals surface area contributed by atoms with Crippen LogP contribution in [0.15, 0.2) is 24.3 Å². The Kier molecular flexibility index (Phi) is 9.89. The molecule has 0 heterocycles. The summed E-state index contributed by atoms with van der Waals surface area (Å²) in [4.78, 5) is 0. The standard InChI is InChI=1S/C5H5.2ClH.Nd/c1-2-4-5-3-1;;;/h1-5H;2*1H;/q;;;+2/p-2. The van der Waals surface area contributed by atoms with Gasteiger partial charge in [-0.1, -0.05) is 24.3 Å². The number of halogens is 2. The van der Waals surface area contributed by atoms with Gasteiger partial charge in [0, 0.05) is 6.42 Å². The summed E-state index contributed by atoms with van der Waals surface area (Å²) in [5.41, 5.74) is 0. The molecule has 1 aliphatic carbocycles. The molecule has 0 aliphatic heterocycles. The van der Waals surface area contributed by atoms with E-state index in [1.165, 1.54) is 0 Å². The molecule has 0 amide bonds. The van der Waals surface area contributed by atoms with Gasteiger partial charge in [0.2, 0.25) is 0 Å². The zero-order chi connectivity index (χ0) is 6.24. The van der Waals surface area contributed by atoms with Crippen LogP contribution in [-0.4, -0.2) is 0 Å². The Balaban J connectivity index is 0.000000145. The quantitative estimate of drug-likeness (QED) is 0.640. The van der Waals surface area contributed by atoms with E-state index >= 15 is 0 Å². The van der Waals surface area contributed by atoms with Crippen molar-refractivity contribution < 1.29 is 33.6 Å². The summed E-state index contributed by atoms with van der Waals surface area (Å²) < 4.78 is 0. The first-order valence-corrected chi connectivity index (χ1v) is 10.1. The number of allylic oxidation sites excluding steroid dienone is 4. The fourth-order valence-corrected chi connectivity index (χ4v) is 0.321. The van der Waals surface area contributed by atoms with Crippen LogP contribution in [0.1, 0.15) is 0 Å². The third-order valence-corrected chi connectivity index (χ3v) is 0.556. The van der Waals surface area contributed by atoms with Crippen LogP contribution in [0.5, 0.6) is 0 Å². The molecule has 0 saturated heterocycles. The summed E-state index contributed by atoms with van der Waals surface area (Å²) in [5.74, 6) is 9.92. The van der Waals surface area contributed by atoms with E-state index < -0.39 is 33.6 Å². The molecule has 8 heavy (non-hydrogen) atoms. The van der Waals surface area contributed by atoms with Gasteiger partial charge in [0.15, 0.2) is 0 Å². The molecule has 0 spiro atoms. The summed E-state index contributed by atoms with van der Waals surface area (Å²) in [6.07, 6.45) is 10.0. The third-order valence-electron chi connectivity index (χ3n) is 0.556. The molecule has 3 heteroatoms. The van der Waals surface area contributed by atoms with Crippen molar-refractivity contribution in [3.63, 3.8) is 0 Å². The minimum atomic E-state index is -0.972. The molecular weight excluding hydrogens is 275 g/mol. The molecule has 0 aromatic carbocycles. The molecule has 0 aromatic heterocycles. The molecule has 0 nitrogen and oxygen atoms in total. The molecule has 0 atom stereocenters. The van der Waals surface area contributed by atoms with Gasteiger partial charge < -0.3 is 0 Å². The number of hydrogen-bond donors (Lipinski definition) is 0. The second-order valence-electron chi connectivity index (χ2n) is 1.03. The molecule has 0 fully saturated rings. The van der Waals surface area contributed by atoms with E-state index in [1.807, 2.05) is 30.7 Å². The average molecular weight is 280 g/mol. The van der Waals surface area contributed by atoms with Crippen LogP contribution in [0, 0.1) is 40.0 Å². The molecule has 1 radical (unpaired) electrons. The van der Waals surface area contributed by atoms with Crippen LogP contribution < -0.4 is 0 Å². The number of rotatable bonds is 0. The molecule has 43 valence electrons. The number of hydrogen-bond acceptors (Lipinski definition) is 0. The van der Waals surface area contributed by atoms with Crippen molar-refractivity contribution in [1.82, 2.24) is 0 Å². The fourth-order valence-electron chi connectivity index (χ4n) is 0.321. The van der Waals surface area contributed by atoms with Crippen LogP contribution in [0.3, 0.4) is 0 Å². The Hall–Kier alpha value is 1.41. The van der Waals surface area contributed by atoms with E-state index in [2.05, 4.69) is 0 Å². The molecule has 0 bridgehead atoms. The zero-order valence-electron chi connectivity index (χ0n) is 4.14. The van der Waals surface area contributed by atoms with Gasteiger partial charge >= 0.3 is 45.2 Å². The Bertz CT molecular complexity index is 78.4. The van der Waals surface area contributed by atoms with Crippen LogP contribution in [0.4, 0.5) is 0 Å². The van der Waals surface area contributed by atoms with Crippen LogP contribution in [-0.2, 0) is 0 Å². The van der Waals surface area contributed by atoms with Gasteiger partial charge in [-0.3, -0.25) is 0 Å². The summed E-state index contributed by atoms with van der Waals surface area (Å²) in [6, 6.07) is 0. The normalized spacial score (nSPS) is 12.8. The van der Waals surface area contributed by atoms with E-state index in [1.54, 1.807) is 0 Å². The molecule has 0 unspecified atom stereocenters. The summed E-state index contributed by atoms with van der Waals surface area (Å²) in [5, 5.41) is 0. The van der Waals surface area contributed by atoms with Crippen LogP contribution >= 0.6 is 11.6 Å². The van der Waals surface area contributed by atoms with Gasteiger partial charge in [-0.2, -0.15) is 0 Å². The second-order valence-corrected chi connectivity index (χ2v) is 5.73. The summed E-state index contributed by atoms with van der Waals surface area (Å²) in [7, 11) is 0. The molecular formula is C5H5Cl2Nd. The van der Waals surface area contributed by atoms with E-state index in [0.717, 1.165) is 0 Å². The van der Waals surface area contributed by atoms with E-state index in [9.17, 15) is 0 Å². The van der Waals surface area contributed by atoms with Crippen molar-refractivity contribution in [3.05, 3.63) is 30.7 Å². The molecule has 1 rings (SSSR count). The van der Waals surface area contributed by atoms with Crippen molar-refractivity contribution in [1.29, 1.82) is 0 Å². The summed E-state index contributed by atoms with van der Waals surface area (Å²) in [6.45, 7) is 0. The van der Waals surface area contributed by atoms with Crippen molar-refractivity contribution in [2.45, 2.75) is 0 Å². The van der Waals surface area contributed by atoms with Crippen molar-refractivity contribution in [3.8, 4) is 0 Å². The first-order valence-electron chi connectivity index (χ1n) is 2.04. The first kappa shape index (κ1) is 9.41. The van der Waals surface area contributed by atoms with E-state index in [4.69, 9.17) is 11.6 Å². The predicted molar refractivity (Wildman–Crippen MR) is 34.3 cm³/mol. The Morgan fingerprint density at radius 2 is 1.25 bits per heavy atom. The van der Waals surface area contributed by atoms with Crippen molar-refractivity contribution in [2.75, 3.05) is 0 Å². The van der Waals surface area contributed by atoms with Crippen molar-refractivity contribution >= 4 is 11.6 Å². The maximum atomic E-state index is 4.96. The zero-order valence-corrected chi connectivity index (χ0v) is 8.86.